The van der Waals surface area contributed by atoms with Gasteiger partial charge >= 0.3 is 5.69 Å². The van der Waals surface area contributed by atoms with E-state index in [0.29, 0.717) is 21.6 Å². The van der Waals surface area contributed by atoms with Crippen LogP contribution < -0.4 is 5.69 Å². The van der Waals surface area contributed by atoms with Crippen LogP contribution in [0.1, 0.15) is 11.1 Å². The summed E-state index contributed by atoms with van der Waals surface area (Å²) < 4.78 is 1.29. The summed E-state index contributed by atoms with van der Waals surface area (Å²) in [6.07, 6.45) is 1.67. The number of hydrogen-bond acceptors (Lipinski definition) is 4. The maximum absolute atomic E-state index is 12.3. The van der Waals surface area contributed by atoms with E-state index >= 15 is 0 Å². The van der Waals surface area contributed by atoms with Gasteiger partial charge in [0.05, 0.1) is 6.20 Å². The van der Waals surface area contributed by atoms with Gasteiger partial charge in [0.1, 0.15) is 0 Å². The van der Waals surface area contributed by atoms with E-state index in [2.05, 4.69) is 15.1 Å². The summed E-state index contributed by atoms with van der Waals surface area (Å²) in [5.41, 5.74) is 4.30. The lowest BCUT2D eigenvalue weighted by Gasteiger charge is -2.04. The third-order valence-corrected chi connectivity index (χ3v) is 5.16. The summed E-state index contributed by atoms with van der Waals surface area (Å²) >= 11 is 7.48. The number of nitrogens with zero attached hydrogens (tertiary/aromatic N) is 3. The molecule has 0 bridgehead atoms. The first-order valence-electron chi connectivity index (χ1n) is 8.02. The smallest absolute Gasteiger partial charge is 0.285 e. The minimum absolute atomic E-state index is 0.304. The monoisotopic (exact) mass is 382 g/mol. The highest BCUT2D eigenvalue weighted by Gasteiger charge is 2.12. The molecule has 2 aromatic carbocycles. The van der Waals surface area contributed by atoms with Gasteiger partial charge in [-0.1, -0.05) is 65.3 Å². The predicted octanol–water partition coefficient (Wildman–Crippen LogP) is 4.34. The van der Waals surface area contributed by atoms with Crippen LogP contribution in [0.3, 0.4) is 0 Å². The molecule has 0 fully saturated rings. The highest BCUT2D eigenvalue weighted by molar-refractivity contribution is 7.98. The van der Waals surface area contributed by atoms with Crippen molar-refractivity contribution in [2.75, 3.05) is 0 Å². The molecule has 0 radical (unpaired) electrons. The molecule has 2 aromatic heterocycles. The molecule has 5 nitrogen and oxygen atoms in total. The Morgan fingerprint density at radius 1 is 1.19 bits per heavy atom. The van der Waals surface area contributed by atoms with Gasteiger partial charge in [-0.15, -0.1) is 0 Å². The quantitative estimate of drug-likeness (QED) is 0.533. The standard InChI is InChI=1S/C19H15ClN4OS/c1-12-5-7-14(8-6-12)16-10-21-24-17(16)22-18(23-19(24)25)26-11-13-3-2-4-15(20)9-13/h2-10H,11H2,1H3,(H,22,23,25). The molecule has 0 saturated heterocycles. The Balaban J connectivity index is 1.69. The molecule has 130 valence electrons. The van der Waals surface area contributed by atoms with Crippen molar-refractivity contribution in [3.8, 4) is 11.1 Å². The molecular formula is C19H15ClN4OS. The molecule has 1 N–H and O–H groups in total. The van der Waals surface area contributed by atoms with Gasteiger partial charge in [0.15, 0.2) is 10.8 Å². The van der Waals surface area contributed by atoms with Gasteiger partial charge in [-0.25, -0.2) is 9.78 Å². The van der Waals surface area contributed by atoms with Gasteiger partial charge in [0.2, 0.25) is 0 Å². The summed E-state index contributed by atoms with van der Waals surface area (Å²) in [5, 5.41) is 5.42. The molecule has 0 spiro atoms. The van der Waals surface area contributed by atoms with Crippen molar-refractivity contribution in [3.63, 3.8) is 0 Å². The number of aryl methyl sites for hydroxylation is 1. The number of fused-ring (bicyclic) bond motifs is 1. The summed E-state index contributed by atoms with van der Waals surface area (Å²) in [5.74, 6) is 0.660. The molecule has 26 heavy (non-hydrogen) atoms. The van der Waals surface area contributed by atoms with E-state index < -0.39 is 0 Å². The van der Waals surface area contributed by atoms with Crippen LogP contribution in [-0.2, 0) is 5.75 Å². The molecule has 0 unspecified atom stereocenters. The van der Waals surface area contributed by atoms with Crippen molar-refractivity contribution in [2.45, 2.75) is 17.8 Å². The van der Waals surface area contributed by atoms with E-state index in [1.54, 1.807) is 6.20 Å². The minimum atomic E-state index is -0.304. The number of nitrogens with one attached hydrogen (secondary N) is 1. The zero-order valence-electron chi connectivity index (χ0n) is 13.9. The van der Waals surface area contributed by atoms with Gasteiger partial charge in [-0.2, -0.15) is 9.61 Å². The van der Waals surface area contributed by atoms with Crippen molar-refractivity contribution in [2.24, 2.45) is 0 Å². The third-order valence-electron chi connectivity index (χ3n) is 3.98. The molecule has 2 heterocycles. The molecule has 0 saturated carbocycles. The van der Waals surface area contributed by atoms with Crippen LogP contribution in [0.4, 0.5) is 0 Å². The Labute approximate surface area is 159 Å². The van der Waals surface area contributed by atoms with E-state index in [1.807, 2.05) is 55.5 Å². The fourth-order valence-corrected chi connectivity index (χ4v) is 3.66. The normalized spacial score (nSPS) is 11.2. The number of aromatic nitrogens is 4. The Morgan fingerprint density at radius 3 is 2.77 bits per heavy atom. The van der Waals surface area contributed by atoms with Crippen molar-refractivity contribution >= 4 is 29.0 Å². The molecule has 0 atom stereocenters. The topological polar surface area (TPSA) is 63.1 Å². The second-order valence-electron chi connectivity index (χ2n) is 5.93. The van der Waals surface area contributed by atoms with Crippen LogP contribution in [0.25, 0.3) is 16.8 Å². The van der Waals surface area contributed by atoms with Crippen LogP contribution in [0, 0.1) is 6.92 Å². The molecule has 4 rings (SSSR count). The van der Waals surface area contributed by atoms with Crippen LogP contribution in [0.5, 0.6) is 0 Å². The zero-order chi connectivity index (χ0) is 18.1. The number of benzene rings is 2. The maximum Gasteiger partial charge on any atom is 0.350 e. The van der Waals surface area contributed by atoms with Crippen molar-refractivity contribution in [1.29, 1.82) is 0 Å². The Hall–Kier alpha value is -2.57. The molecule has 0 aliphatic heterocycles. The van der Waals surface area contributed by atoms with E-state index in [9.17, 15) is 4.79 Å². The molecule has 4 aromatic rings. The number of thioether (sulfide) groups is 1. The van der Waals surface area contributed by atoms with Crippen molar-refractivity contribution in [1.82, 2.24) is 19.6 Å². The number of H-pyrrole nitrogens is 1. The summed E-state index contributed by atoms with van der Waals surface area (Å²) in [6, 6.07) is 15.7. The van der Waals surface area contributed by atoms with Gasteiger partial charge < -0.3 is 0 Å². The lowest BCUT2D eigenvalue weighted by atomic mass is 10.1. The first-order chi connectivity index (χ1) is 12.6. The average Bonchev–Trinajstić information content (AvgIpc) is 3.05. The number of hydrogen-bond donors (Lipinski definition) is 1. The highest BCUT2D eigenvalue weighted by atomic mass is 35.5. The molecule has 0 amide bonds. The van der Waals surface area contributed by atoms with Gasteiger partial charge in [-0.3, -0.25) is 4.98 Å². The van der Waals surface area contributed by atoms with Crippen molar-refractivity contribution in [3.05, 3.63) is 81.4 Å². The number of halogens is 1. The first kappa shape index (κ1) is 16.9. The van der Waals surface area contributed by atoms with E-state index in [4.69, 9.17) is 11.6 Å². The average molecular weight is 383 g/mol. The maximum atomic E-state index is 12.3. The Morgan fingerprint density at radius 2 is 2.00 bits per heavy atom. The van der Waals surface area contributed by atoms with Gasteiger partial charge in [0, 0.05) is 16.3 Å². The largest absolute Gasteiger partial charge is 0.350 e. The van der Waals surface area contributed by atoms with Gasteiger partial charge in [-0.05, 0) is 30.2 Å². The number of aromatic amines is 1. The van der Waals surface area contributed by atoms with Gasteiger partial charge in [0.25, 0.3) is 0 Å². The third kappa shape index (κ3) is 3.38. The lowest BCUT2D eigenvalue weighted by Crippen LogP contribution is -2.19. The zero-order valence-corrected chi connectivity index (χ0v) is 15.5. The molecule has 0 aliphatic rings. The first-order valence-corrected chi connectivity index (χ1v) is 9.39. The lowest BCUT2D eigenvalue weighted by molar-refractivity contribution is 0.786. The summed E-state index contributed by atoms with van der Waals surface area (Å²) in [6.45, 7) is 2.04. The van der Waals surface area contributed by atoms with E-state index in [0.717, 1.165) is 16.7 Å². The van der Waals surface area contributed by atoms with Crippen LogP contribution >= 0.6 is 23.4 Å². The molecular weight excluding hydrogens is 368 g/mol. The molecule has 7 heteroatoms. The molecule has 0 aliphatic carbocycles. The summed E-state index contributed by atoms with van der Waals surface area (Å²) in [4.78, 5) is 19.7. The SMILES string of the molecule is Cc1ccc(-c2cnn3c(=O)[nH]c(SCc4cccc(Cl)c4)nc23)cc1. The van der Waals surface area contributed by atoms with Crippen LogP contribution in [0.15, 0.2) is 64.7 Å². The Kier molecular flexibility index (Phi) is 4.53. The summed E-state index contributed by atoms with van der Waals surface area (Å²) in [7, 11) is 0. The predicted molar refractivity (Wildman–Crippen MR) is 105 cm³/mol. The fraction of sp³-hybridized carbons (Fsp3) is 0.105. The fourth-order valence-electron chi connectivity index (χ4n) is 2.65. The van der Waals surface area contributed by atoms with E-state index in [1.165, 1.54) is 21.8 Å². The van der Waals surface area contributed by atoms with E-state index in [-0.39, 0.29) is 5.69 Å². The van der Waals surface area contributed by atoms with Crippen LogP contribution in [0.2, 0.25) is 5.02 Å². The van der Waals surface area contributed by atoms with Crippen LogP contribution in [-0.4, -0.2) is 19.6 Å². The highest BCUT2D eigenvalue weighted by Crippen LogP contribution is 2.25. The minimum Gasteiger partial charge on any atom is -0.285 e. The second kappa shape index (κ2) is 6.97. The second-order valence-corrected chi connectivity index (χ2v) is 7.33. The number of rotatable bonds is 4. The Bertz CT molecular complexity index is 1130. The van der Waals surface area contributed by atoms with Crippen molar-refractivity contribution < 1.29 is 0 Å².